The van der Waals surface area contributed by atoms with Gasteiger partial charge >= 0.3 is 0 Å². The highest BCUT2D eigenvalue weighted by molar-refractivity contribution is 7.15. The predicted octanol–water partition coefficient (Wildman–Crippen LogP) is 3.04. The molecule has 0 aliphatic carbocycles. The van der Waals surface area contributed by atoms with Gasteiger partial charge < -0.3 is 9.47 Å². The smallest absolute Gasteiger partial charge is 0.261 e. The summed E-state index contributed by atoms with van der Waals surface area (Å²) >= 11 is 1.46. The number of aromatic nitrogens is 1. The highest BCUT2D eigenvalue weighted by Crippen LogP contribution is 2.24. The van der Waals surface area contributed by atoms with E-state index < -0.39 is 0 Å². The van der Waals surface area contributed by atoms with Gasteiger partial charge in [0.05, 0.1) is 17.9 Å². The molecule has 2 rings (SSSR count). The summed E-state index contributed by atoms with van der Waals surface area (Å²) in [6, 6.07) is 7.13. The van der Waals surface area contributed by atoms with Crippen molar-refractivity contribution in [3.8, 4) is 5.75 Å². The van der Waals surface area contributed by atoms with Crippen LogP contribution in [0, 0.1) is 13.8 Å². The summed E-state index contributed by atoms with van der Waals surface area (Å²) in [4.78, 5) is 17.7. The number of thiazole rings is 1. The minimum absolute atomic E-state index is 0.225. The van der Waals surface area contributed by atoms with E-state index in [-0.39, 0.29) is 5.91 Å². The lowest BCUT2D eigenvalue weighted by Crippen LogP contribution is -2.14. The summed E-state index contributed by atoms with van der Waals surface area (Å²) in [5, 5.41) is 3.41. The Kier molecular flexibility index (Phi) is 5.30. The van der Waals surface area contributed by atoms with Gasteiger partial charge in [-0.15, -0.1) is 11.3 Å². The van der Waals surface area contributed by atoms with Crippen LogP contribution in [-0.4, -0.2) is 31.2 Å². The molecule has 0 fully saturated rings. The average molecular weight is 306 g/mol. The van der Waals surface area contributed by atoms with E-state index in [0.29, 0.717) is 29.7 Å². The van der Waals surface area contributed by atoms with E-state index in [9.17, 15) is 4.79 Å². The Bertz CT molecular complexity index is 606. The van der Waals surface area contributed by atoms with E-state index in [1.165, 1.54) is 11.3 Å². The van der Waals surface area contributed by atoms with Crippen molar-refractivity contribution in [3.05, 3.63) is 40.4 Å². The minimum atomic E-state index is -0.225. The SMILES string of the molecule is COCCOc1ccccc1C(=O)Nc1nc(C)c(C)s1. The third-order valence-electron chi connectivity index (χ3n) is 2.93. The molecule has 112 valence electrons. The van der Waals surface area contributed by atoms with Gasteiger partial charge in [0.25, 0.3) is 5.91 Å². The zero-order chi connectivity index (χ0) is 15.2. The van der Waals surface area contributed by atoms with E-state index in [4.69, 9.17) is 9.47 Å². The Morgan fingerprint density at radius 2 is 2.05 bits per heavy atom. The number of carbonyl (C=O) groups is 1. The van der Waals surface area contributed by atoms with Crippen molar-refractivity contribution in [2.75, 3.05) is 25.6 Å². The molecule has 6 heteroatoms. The van der Waals surface area contributed by atoms with Gasteiger partial charge in [0.2, 0.25) is 0 Å². The van der Waals surface area contributed by atoms with Crippen molar-refractivity contribution in [1.82, 2.24) is 4.98 Å². The van der Waals surface area contributed by atoms with Crippen molar-refractivity contribution in [2.24, 2.45) is 0 Å². The highest BCUT2D eigenvalue weighted by atomic mass is 32.1. The zero-order valence-electron chi connectivity index (χ0n) is 12.3. The van der Waals surface area contributed by atoms with Crippen LogP contribution in [0.5, 0.6) is 5.75 Å². The summed E-state index contributed by atoms with van der Waals surface area (Å²) in [5.41, 5.74) is 1.42. The Hall–Kier alpha value is -1.92. The number of hydrogen-bond acceptors (Lipinski definition) is 5. The van der Waals surface area contributed by atoms with Crippen LogP contribution in [0.25, 0.3) is 0 Å². The number of benzene rings is 1. The molecule has 0 radical (unpaired) electrons. The molecule has 0 aliphatic heterocycles. The first-order valence-corrected chi connectivity index (χ1v) is 7.39. The van der Waals surface area contributed by atoms with E-state index in [2.05, 4.69) is 10.3 Å². The summed E-state index contributed by atoms with van der Waals surface area (Å²) in [5.74, 6) is 0.314. The molecule has 0 unspecified atom stereocenters. The number of methoxy groups -OCH3 is 1. The molecule has 0 aliphatic rings. The maximum Gasteiger partial charge on any atom is 0.261 e. The molecule has 2 aromatic rings. The number of ether oxygens (including phenoxy) is 2. The molecule has 0 saturated carbocycles. The molecule has 1 aromatic carbocycles. The number of nitrogens with one attached hydrogen (secondary N) is 1. The number of nitrogens with zero attached hydrogens (tertiary/aromatic N) is 1. The fourth-order valence-corrected chi connectivity index (χ4v) is 2.52. The number of hydrogen-bond donors (Lipinski definition) is 1. The second kappa shape index (κ2) is 7.19. The van der Waals surface area contributed by atoms with Crippen LogP contribution in [0.2, 0.25) is 0 Å². The maximum absolute atomic E-state index is 12.3. The van der Waals surface area contributed by atoms with Crippen LogP contribution in [-0.2, 0) is 4.74 Å². The molecule has 0 saturated heterocycles. The largest absolute Gasteiger partial charge is 0.490 e. The third-order valence-corrected chi connectivity index (χ3v) is 3.91. The van der Waals surface area contributed by atoms with Crippen LogP contribution in [0.3, 0.4) is 0 Å². The molecule has 0 bridgehead atoms. The van der Waals surface area contributed by atoms with Gasteiger partial charge in [-0.25, -0.2) is 4.98 Å². The lowest BCUT2D eigenvalue weighted by atomic mass is 10.2. The van der Waals surface area contributed by atoms with Gasteiger partial charge in [-0.3, -0.25) is 10.1 Å². The molecule has 1 heterocycles. The second-order valence-electron chi connectivity index (χ2n) is 4.45. The lowest BCUT2D eigenvalue weighted by Gasteiger charge is -2.10. The lowest BCUT2D eigenvalue weighted by molar-refractivity contribution is 0.101. The van der Waals surface area contributed by atoms with Crippen molar-refractivity contribution >= 4 is 22.4 Å². The van der Waals surface area contributed by atoms with Crippen LogP contribution < -0.4 is 10.1 Å². The number of para-hydroxylation sites is 1. The first kappa shape index (κ1) is 15.5. The summed E-state index contributed by atoms with van der Waals surface area (Å²) in [6.07, 6.45) is 0. The first-order chi connectivity index (χ1) is 10.1. The molecule has 0 atom stereocenters. The number of rotatable bonds is 6. The van der Waals surface area contributed by atoms with E-state index in [1.54, 1.807) is 25.3 Å². The normalized spacial score (nSPS) is 10.4. The second-order valence-corrected chi connectivity index (χ2v) is 5.66. The fraction of sp³-hybridized carbons (Fsp3) is 0.333. The Labute approximate surface area is 127 Å². The molecule has 21 heavy (non-hydrogen) atoms. The van der Waals surface area contributed by atoms with Crippen LogP contribution in [0.15, 0.2) is 24.3 Å². The molecule has 1 amide bonds. The standard InChI is InChI=1S/C15H18N2O3S/c1-10-11(2)21-15(16-10)17-14(18)12-6-4-5-7-13(12)20-9-8-19-3/h4-7H,8-9H2,1-3H3,(H,16,17,18). The van der Waals surface area contributed by atoms with Gasteiger partial charge in [0.1, 0.15) is 12.4 Å². The molecule has 5 nitrogen and oxygen atoms in total. The average Bonchev–Trinajstić information content (AvgIpc) is 2.78. The van der Waals surface area contributed by atoms with E-state index >= 15 is 0 Å². The van der Waals surface area contributed by atoms with Crippen LogP contribution >= 0.6 is 11.3 Å². The molecular formula is C15H18N2O3S. The monoisotopic (exact) mass is 306 g/mol. The number of aryl methyl sites for hydroxylation is 2. The summed E-state index contributed by atoms with van der Waals surface area (Å²) < 4.78 is 10.5. The molecule has 1 aromatic heterocycles. The van der Waals surface area contributed by atoms with Crippen molar-refractivity contribution in [2.45, 2.75) is 13.8 Å². The fourth-order valence-electron chi connectivity index (χ4n) is 1.71. The van der Waals surface area contributed by atoms with Crippen LogP contribution in [0.1, 0.15) is 20.9 Å². The Morgan fingerprint density at radius 1 is 1.29 bits per heavy atom. The van der Waals surface area contributed by atoms with Gasteiger partial charge in [0.15, 0.2) is 5.13 Å². The zero-order valence-corrected chi connectivity index (χ0v) is 13.1. The van der Waals surface area contributed by atoms with E-state index in [0.717, 1.165) is 10.6 Å². The topological polar surface area (TPSA) is 60.5 Å². The predicted molar refractivity (Wildman–Crippen MR) is 83.4 cm³/mol. The van der Waals surface area contributed by atoms with Crippen LogP contribution in [0.4, 0.5) is 5.13 Å². The van der Waals surface area contributed by atoms with Gasteiger partial charge in [-0.05, 0) is 26.0 Å². The van der Waals surface area contributed by atoms with Crippen molar-refractivity contribution in [1.29, 1.82) is 0 Å². The Balaban J connectivity index is 2.11. The van der Waals surface area contributed by atoms with Crippen molar-refractivity contribution < 1.29 is 14.3 Å². The van der Waals surface area contributed by atoms with Crippen molar-refractivity contribution in [3.63, 3.8) is 0 Å². The van der Waals surface area contributed by atoms with Gasteiger partial charge in [-0.1, -0.05) is 12.1 Å². The highest BCUT2D eigenvalue weighted by Gasteiger charge is 2.14. The Morgan fingerprint density at radius 3 is 2.71 bits per heavy atom. The van der Waals surface area contributed by atoms with Gasteiger partial charge in [0, 0.05) is 12.0 Å². The number of carbonyl (C=O) groups excluding carboxylic acids is 1. The molecule has 0 spiro atoms. The van der Waals surface area contributed by atoms with E-state index in [1.807, 2.05) is 19.9 Å². The van der Waals surface area contributed by atoms with Gasteiger partial charge in [-0.2, -0.15) is 0 Å². The molecular weight excluding hydrogens is 288 g/mol. The number of amides is 1. The molecule has 1 N–H and O–H groups in total. The minimum Gasteiger partial charge on any atom is -0.490 e. The first-order valence-electron chi connectivity index (χ1n) is 6.58. The third kappa shape index (κ3) is 4.03. The maximum atomic E-state index is 12.3. The number of anilines is 1. The summed E-state index contributed by atoms with van der Waals surface area (Å²) in [7, 11) is 1.61. The quantitative estimate of drug-likeness (QED) is 0.833. The summed E-state index contributed by atoms with van der Waals surface area (Å²) in [6.45, 7) is 4.77.